The zero-order valence-electron chi connectivity index (χ0n) is 22.2. The number of hydrogen-bond acceptors (Lipinski definition) is 8. The smallest absolute Gasteiger partial charge is 0.261 e. The number of imide groups is 1. The molecule has 2 aliphatic rings. The van der Waals surface area contributed by atoms with E-state index in [0.717, 1.165) is 25.9 Å². The molecule has 210 valence electrons. The Labute approximate surface area is 239 Å². The van der Waals surface area contributed by atoms with Crippen LogP contribution in [0.3, 0.4) is 0 Å². The van der Waals surface area contributed by atoms with Gasteiger partial charge < -0.3 is 24.9 Å². The Morgan fingerprint density at radius 1 is 1.10 bits per heavy atom. The minimum Gasteiger partial charge on any atom is -0.486 e. The lowest BCUT2D eigenvalue weighted by Crippen LogP contribution is -2.46. The fourth-order valence-corrected chi connectivity index (χ4v) is 5.47. The quantitative estimate of drug-likeness (QED) is 0.272. The number of aromatic nitrogens is 3. The second kappa shape index (κ2) is 10.8. The van der Waals surface area contributed by atoms with Crippen molar-refractivity contribution in [1.29, 1.82) is 0 Å². The van der Waals surface area contributed by atoms with Gasteiger partial charge in [0.15, 0.2) is 5.78 Å². The van der Waals surface area contributed by atoms with Crippen LogP contribution in [0, 0.1) is 0 Å². The Balaban J connectivity index is 1.21. The first-order chi connectivity index (χ1) is 19.8. The van der Waals surface area contributed by atoms with Gasteiger partial charge in [-0.05, 0) is 69.4 Å². The van der Waals surface area contributed by atoms with Crippen molar-refractivity contribution >= 4 is 45.9 Å². The van der Waals surface area contributed by atoms with E-state index >= 15 is 0 Å². The largest absolute Gasteiger partial charge is 0.486 e. The maximum absolute atomic E-state index is 13.3. The molecule has 1 fully saturated rings. The number of fused-ring (bicyclic) bond motifs is 2. The van der Waals surface area contributed by atoms with Crippen molar-refractivity contribution in [2.75, 3.05) is 38.6 Å². The number of piperidine rings is 1. The van der Waals surface area contributed by atoms with Gasteiger partial charge in [-0.3, -0.25) is 24.1 Å². The van der Waals surface area contributed by atoms with Crippen LogP contribution in [0.1, 0.15) is 33.6 Å². The SMILES string of the molecule is CN1CCC(N2C(=O)c3cc4nc(-c5c(NCC(=O)COc6cccc(Cl)c6)cc[nH]c5=O)[nH]c4cc3C2=O)CC1. The molecule has 0 saturated carbocycles. The Kier molecular flexibility index (Phi) is 7.06. The molecular weight excluding hydrogens is 548 g/mol. The summed E-state index contributed by atoms with van der Waals surface area (Å²) in [7, 11) is 2.03. The summed E-state index contributed by atoms with van der Waals surface area (Å²) in [5, 5.41) is 3.50. The van der Waals surface area contributed by atoms with E-state index in [0.29, 0.717) is 38.6 Å². The van der Waals surface area contributed by atoms with Crippen LogP contribution < -0.4 is 15.6 Å². The molecule has 4 heterocycles. The van der Waals surface area contributed by atoms with Crippen molar-refractivity contribution < 1.29 is 19.1 Å². The van der Waals surface area contributed by atoms with E-state index in [9.17, 15) is 19.2 Å². The number of ketones is 1. The van der Waals surface area contributed by atoms with E-state index in [2.05, 4.69) is 25.2 Å². The molecule has 0 unspecified atom stereocenters. The predicted molar refractivity (Wildman–Crippen MR) is 154 cm³/mol. The number of ether oxygens (including phenoxy) is 1. The molecule has 0 radical (unpaired) electrons. The molecule has 3 N–H and O–H groups in total. The number of carbonyl (C=O) groups is 3. The van der Waals surface area contributed by atoms with E-state index < -0.39 is 5.56 Å². The molecule has 2 aromatic carbocycles. The highest BCUT2D eigenvalue weighted by Gasteiger charge is 2.41. The van der Waals surface area contributed by atoms with Gasteiger partial charge in [-0.1, -0.05) is 17.7 Å². The Morgan fingerprint density at radius 2 is 1.85 bits per heavy atom. The lowest BCUT2D eigenvalue weighted by atomic mass is 10.0. The van der Waals surface area contributed by atoms with E-state index in [-0.39, 0.29) is 48.2 Å². The Bertz CT molecular complexity index is 1690. The van der Waals surface area contributed by atoms with E-state index in [4.69, 9.17) is 16.3 Å². The predicted octanol–water partition coefficient (Wildman–Crippen LogP) is 3.32. The summed E-state index contributed by atoms with van der Waals surface area (Å²) in [4.78, 5) is 65.8. The topological polar surface area (TPSA) is 140 Å². The highest BCUT2D eigenvalue weighted by atomic mass is 35.5. The minimum atomic E-state index is -0.426. The summed E-state index contributed by atoms with van der Waals surface area (Å²) in [6.45, 7) is 1.37. The summed E-state index contributed by atoms with van der Waals surface area (Å²) in [5.74, 6) is -0.158. The van der Waals surface area contributed by atoms with Crippen molar-refractivity contribution in [3.63, 3.8) is 0 Å². The summed E-state index contributed by atoms with van der Waals surface area (Å²) in [5.41, 5.74) is 1.75. The van der Waals surface area contributed by atoms with Crippen LogP contribution in [0.15, 0.2) is 53.5 Å². The number of imidazole rings is 1. The number of H-pyrrole nitrogens is 2. The van der Waals surface area contributed by atoms with Crippen molar-refractivity contribution in [1.82, 2.24) is 24.8 Å². The van der Waals surface area contributed by atoms with E-state index in [1.807, 2.05) is 7.05 Å². The lowest BCUT2D eigenvalue weighted by molar-refractivity contribution is -0.119. The maximum Gasteiger partial charge on any atom is 0.261 e. The molecule has 2 aromatic heterocycles. The molecule has 12 heteroatoms. The number of pyridine rings is 1. The number of amides is 2. The average molecular weight is 575 g/mol. The summed E-state index contributed by atoms with van der Waals surface area (Å²) in [6, 6.07) is 11.5. The number of nitrogens with one attached hydrogen (secondary N) is 3. The van der Waals surface area contributed by atoms with Crippen molar-refractivity contribution in [3.8, 4) is 17.1 Å². The molecule has 11 nitrogen and oxygen atoms in total. The van der Waals surface area contributed by atoms with Gasteiger partial charge in [0.25, 0.3) is 17.4 Å². The third-order valence-corrected chi connectivity index (χ3v) is 7.68. The number of halogens is 1. The maximum atomic E-state index is 13.3. The molecule has 0 spiro atoms. The lowest BCUT2D eigenvalue weighted by Gasteiger charge is -2.33. The molecule has 6 rings (SSSR count). The number of anilines is 1. The second-order valence-electron chi connectivity index (χ2n) is 10.2. The fraction of sp³-hybridized carbons (Fsp3) is 0.276. The summed E-state index contributed by atoms with van der Waals surface area (Å²) < 4.78 is 5.50. The number of rotatable bonds is 8. The summed E-state index contributed by atoms with van der Waals surface area (Å²) >= 11 is 5.95. The number of benzene rings is 2. The van der Waals surface area contributed by atoms with Gasteiger partial charge in [-0.15, -0.1) is 0 Å². The number of aromatic amines is 2. The van der Waals surface area contributed by atoms with Crippen molar-refractivity contribution in [2.45, 2.75) is 18.9 Å². The van der Waals surface area contributed by atoms with Crippen LogP contribution in [-0.2, 0) is 4.79 Å². The molecule has 2 aliphatic heterocycles. The minimum absolute atomic E-state index is 0.0959. The van der Waals surface area contributed by atoms with Crippen LogP contribution in [0.4, 0.5) is 5.69 Å². The molecule has 0 aliphatic carbocycles. The first-order valence-corrected chi connectivity index (χ1v) is 13.6. The van der Waals surface area contributed by atoms with Gasteiger partial charge in [0.1, 0.15) is 23.7 Å². The van der Waals surface area contributed by atoms with Crippen molar-refractivity contribution in [2.24, 2.45) is 0 Å². The van der Waals surface area contributed by atoms with E-state index in [1.54, 1.807) is 42.5 Å². The first kappa shape index (κ1) is 26.7. The molecule has 0 bridgehead atoms. The van der Waals surface area contributed by atoms with Crippen LogP contribution >= 0.6 is 11.6 Å². The molecule has 1 saturated heterocycles. The normalized spacial score (nSPS) is 15.9. The van der Waals surface area contributed by atoms with Crippen molar-refractivity contribution in [3.05, 3.63) is 75.2 Å². The number of likely N-dealkylation sites (tertiary alicyclic amines) is 1. The van der Waals surface area contributed by atoms with Crippen LogP contribution in [0.5, 0.6) is 5.75 Å². The van der Waals surface area contributed by atoms with E-state index in [1.165, 1.54) is 11.1 Å². The third kappa shape index (κ3) is 5.21. The van der Waals surface area contributed by atoms with Gasteiger partial charge >= 0.3 is 0 Å². The highest BCUT2D eigenvalue weighted by molar-refractivity contribution is 6.30. The highest BCUT2D eigenvalue weighted by Crippen LogP contribution is 2.32. The van der Waals surface area contributed by atoms with Gasteiger partial charge in [0.05, 0.1) is 34.4 Å². The second-order valence-corrected chi connectivity index (χ2v) is 10.7. The van der Waals surface area contributed by atoms with Gasteiger partial charge in [-0.2, -0.15) is 0 Å². The number of nitrogens with zero attached hydrogens (tertiary/aromatic N) is 3. The molecule has 41 heavy (non-hydrogen) atoms. The molecule has 0 atom stereocenters. The summed E-state index contributed by atoms with van der Waals surface area (Å²) in [6.07, 6.45) is 2.95. The third-order valence-electron chi connectivity index (χ3n) is 7.44. The monoisotopic (exact) mass is 574 g/mol. The van der Waals surface area contributed by atoms with Crippen LogP contribution in [-0.4, -0.2) is 81.7 Å². The standard InChI is InChI=1S/C29H27ClN6O5/c1-35-9-6-17(7-10-35)36-28(39)20-12-23-24(13-21(20)29(36)40)34-26(33-23)25-22(5-8-31-27(25)38)32-14-18(37)15-41-19-4-2-3-16(30)11-19/h2-5,8,11-13,17H,6-7,9-10,14-15H2,1H3,(H,33,34)(H2,31,32,38). The zero-order valence-corrected chi connectivity index (χ0v) is 23.0. The fourth-order valence-electron chi connectivity index (χ4n) is 5.29. The first-order valence-electron chi connectivity index (χ1n) is 13.2. The number of Topliss-reactive ketones (excluding diaryl/α,β-unsaturated/α-hetero) is 1. The zero-order chi connectivity index (χ0) is 28.7. The number of carbonyl (C=O) groups excluding carboxylic acids is 3. The van der Waals surface area contributed by atoms with Gasteiger partial charge in [0, 0.05) is 17.3 Å². The van der Waals surface area contributed by atoms with Crippen LogP contribution in [0.25, 0.3) is 22.4 Å². The molecular formula is C29H27ClN6O5. The number of hydrogen-bond donors (Lipinski definition) is 3. The Morgan fingerprint density at radius 3 is 2.61 bits per heavy atom. The Hall–Kier alpha value is -4.48. The average Bonchev–Trinajstić information content (AvgIpc) is 3.47. The van der Waals surface area contributed by atoms with Gasteiger partial charge in [-0.25, -0.2) is 4.98 Å². The molecule has 4 aromatic rings. The van der Waals surface area contributed by atoms with Gasteiger partial charge in [0.2, 0.25) is 0 Å². The van der Waals surface area contributed by atoms with Crippen LogP contribution in [0.2, 0.25) is 5.02 Å². The molecule has 2 amide bonds.